The van der Waals surface area contributed by atoms with Crippen molar-refractivity contribution in [1.29, 1.82) is 0 Å². The highest BCUT2D eigenvalue weighted by molar-refractivity contribution is 5.92. The summed E-state index contributed by atoms with van der Waals surface area (Å²) >= 11 is 0. The van der Waals surface area contributed by atoms with E-state index in [2.05, 4.69) is 35.0 Å². The molecule has 2 aliphatic rings. The molecule has 2 fully saturated rings. The molecule has 1 aliphatic heterocycles. The molecule has 0 radical (unpaired) electrons. The predicted octanol–water partition coefficient (Wildman–Crippen LogP) is 3.19. The average molecular weight is 341 g/mol. The van der Waals surface area contributed by atoms with Gasteiger partial charge in [0.1, 0.15) is 0 Å². The molecule has 2 aromatic heterocycles. The number of hydrogen-bond donors (Lipinski definition) is 0. The van der Waals surface area contributed by atoms with Crippen molar-refractivity contribution in [3.8, 4) is 0 Å². The molecule has 6 nitrogen and oxygen atoms in total. The molecule has 0 spiro atoms. The number of nitrogens with zero attached hydrogens (tertiary/aromatic N) is 5. The number of likely N-dealkylation sites (tertiary alicyclic amines) is 1. The van der Waals surface area contributed by atoms with Crippen LogP contribution in [0, 0.1) is 0 Å². The minimum atomic E-state index is -0.0995. The fraction of sp³-hybridized carbons (Fsp3) is 0.632. The molecule has 1 saturated heterocycles. The van der Waals surface area contributed by atoms with Gasteiger partial charge in [0.15, 0.2) is 5.69 Å². The number of piperidine rings is 1. The van der Waals surface area contributed by atoms with E-state index in [-0.39, 0.29) is 11.4 Å². The van der Waals surface area contributed by atoms with Gasteiger partial charge in [-0.15, -0.1) is 0 Å². The SMILES string of the molecule is CC(C)(C)n1nc(C(=O)N2CCC[C@@H](n3ccnc3)C2)cc1C1CC1. The van der Waals surface area contributed by atoms with Gasteiger partial charge in [0.25, 0.3) is 5.91 Å². The molecular formula is C19H27N5O. The molecule has 0 bridgehead atoms. The fourth-order valence-electron chi connectivity index (χ4n) is 3.74. The first kappa shape index (κ1) is 16.4. The monoisotopic (exact) mass is 341 g/mol. The number of rotatable bonds is 3. The molecule has 2 aromatic rings. The highest BCUT2D eigenvalue weighted by Gasteiger charge is 2.34. The zero-order valence-corrected chi connectivity index (χ0v) is 15.4. The van der Waals surface area contributed by atoms with Crippen LogP contribution in [-0.4, -0.2) is 43.2 Å². The van der Waals surface area contributed by atoms with Crippen LogP contribution >= 0.6 is 0 Å². The van der Waals surface area contributed by atoms with Gasteiger partial charge in [-0.3, -0.25) is 9.48 Å². The van der Waals surface area contributed by atoms with Crippen LogP contribution in [0.1, 0.15) is 74.6 Å². The molecule has 6 heteroatoms. The molecule has 1 saturated carbocycles. The Morgan fingerprint density at radius 3 is 2.68 bits per heavy atom. The lowest BCUT2D eigenvalue weighted by Crippen LogP contribution is -2.40. The van der Waals surface area contributed by atoms with Gasteiger partial charge >= 0.3 is 0 Å². The van der Waals surface area contributed by atoms with Crippen LogP contribution < -0.4 is 0 Å². The molecule has 0 N–H and O–H groups in total. The van der Waals surface area contributed by atoms with Gasteiger partial charge in [0, 0.05) is 37.1 Å². The number of amides is 1. The van der Waals surface area contributed by atoms with Gasteiger partial charge in [-0.25, -0.2) is 4.98 Å². The Bertz CT molecular complexity index is 751. The van der Waals surface area contributed by atoms with Gasteiger partial charge in [-0.1, -0.05) is 0 Å². The summed E-state index contributed by atoms with van der Waals surface area (Å²) in [5, 5.41) is 4.71. The van der Waals surface area contributed by atoms with Crippen molar-refractivity contribution in [3.63, 3.8) is 0 Å². The Hall–Kier alpha value is -2.11. The van der Waals surface area contributed by atoms with Gasteiger partial charge in [0.05, 0.1) is 17.9 Å². The molecule has 134 valence electrons. The Labute approximate surface area is 148 Å². The Balaban J connectivity index is 1.56. The van der Waals surface area contributed by atoms with Crippen molar-refractivity contribution in [2.45, 2.75) is 64.0 Å². The third-order valence-corrected chi connectivity index (χ3v) is 5.22. The molecule has 0 aromatic carbocycles. The van der Waals surface area contributed by atoms with Crippen molar-refractivity contribution in [2.24, 2.45) is 0 Å². The lowest BCUT2D eigenvalue weighted by atomic mass is 10.1. The van der Waals surface area contributed by atoms with E-state index in [0.717, 1.165) is 25.9 Å². The second-order valence-electron chi connectivity index (χ2n) is 8.37. The number of aromatic nitrogens is 4. The van der Waals surface area contributed by atoms with E-state index in [4.69, 9.17) is 5.10 Å². The summed E-state index contributed by atoms with van der Waals surface area (Å²) in [7, 11) is 0. The first-order valence-corrected chi connectivity index (χ1v) is 9.30. The minimum absolute atomic E-state index is 0.0646. The van der Waals surface area contributed by atoms with Crippen LogP contribution in [0.15, 0.2) is 24.8 Å². The highest BCUT2D eigenvalue weighted by Crippen LogP contribution is 2.42. The molecule has 3 heterocycles. The molecule has 4 rings (SSSR count). The average Bonchev–Trinajstić information content (AvgIpc) is 3.12. The van der Waals surface area contributed by atoms with Crippen molar-refractivity contribution in [3.05, 3.63) is 36.2 Å². The van der Waals surface area contributed by atoms with Crippen LogP contribution in [0.4, 0.5) is 0 Å². The van der Waals surface area contributed by atoms with Gasteiger partial charge < -0.3 is 9.47 Å². The molecule has 1 amide bonds. The summed E-state index contributed by atoms with van der Waals surface area (Å²) in [6.07, 6.45) is 10.2. The number of carbonyl (C=O) groups is 1. The smallest absolute Gasteiger partial charge is 0.274 e. The van der Waals surface area contributed by atoms with Crippen molar-refractivity contribution < 1.29 is 4.79 Å². The molecule has 0 unspecified atom stereocenters. The first-order valence-electron chi connectivity index (χ1n) is 9.30. The van der Waals surface area contributed by atoms with E-state index in [9.17, 15) is 4.79 Å². The fourth-order valence-corrected chi connectivity index (χ4v) is 3.74. The predicted molar refractivity (Wildman–Crippen MR) is 95.6 cm³/mol. The third kappa shape index (κ3) is 3.22. The second kappa shape index (κ2) is 6.00. The summed E-state index contributed by atoms with van der Waals surface area (Å²) in [4.78, 5) is 19.2. The second-order valence-corrected chi connectivity index (χ2v) is 8.37. The van der Waals surface area contributed by atoms with E-state index < -0.39 is 0 Å². The van der Waals surface area contributed by atoms with Gasteiger partial charge in [-0.05, 0) is 52.5 Å². The number of imidazole rings is 1. The molecular weight excluding hydrogens is 314 g/mol. The summed E-state index contributed by atoms with van der Waals surface area (Å²) in [5.41, 5.74) is 1.72. The maximum Gasteiger partial charge on any atom is 0.274 e. The summed E-state index contributed by atoms with van der Waals surface area (Å²) in [5.74, 6) is 0.642. The molecule has 1 atom stereocenters. The highest BCUT2D eigenvalue weighted by atomic mass is 16.2. The van der Waals surface area contributed by atoms with E-state index >= 15 is 0 Å². The van der Waals surface area contributed by atoms with Gasteiger partial charge in [0.2, 0.25) is 0 Å². The minimum Gasteiger partial charge on any atom is -0.335 e. The van der Waals surface area contributed by atoms with E-state index in [1.807, 2.05) is 23.5 Å². The van der Waals surface area contributed by atoms with Crippen molar-refractivity contribution in [1.82, 2.24) is 24.2 Å². The normalized spacial score (nSPS) is 21.6. The van der Waals surface area contributed by atoms with Crippen molar-refractivity contribution >= 4 is 5.91 Å². The molecule has 1 aliphatic carbocycles. The Morgan fingerprint density at radius 1 is 1.24 bits per heavy atom. The summed E-state index contributed by atoms with van der Waals surface area (Å²) < 4.78 is 4.18. The van der Waals surface area contributed by atoms with Gasteiger partial charge in [-0.2, -0.15) is 5.10 Å². The molecule has 25 heavy (non-hydrogen) atoms. The zero-order valence-electron chi connectivity index (χ0n) is 15.4. The Morgan fingerprint density at radius 2 is 2.04 bits per heavy atom. The van der Waals surface area contributed by atoms with E-state index in [1.54, 1.807) is 6.20 Å². The lowest BCUT2D eigenvalue weighted by Gasteiger charge is -2.33. The van der Waals surface area contributed by atoms with Crippen LogP contribution in [0.2, 0.25) is 0 Å². The van der Waals surface area contributed by atoms with Crippen LogP contribution in [0.3, 0.4) is 0 Å². The quantitative estimate of drug-likeness (QED) is 0.861. The summed E-state index contributed by atoms with van der Waals surface area (Å²) in [6.45, 7) is 7.99. The number of carbonyl (C=O) groups excluding carboxylic acids is 1. The van der Waals surface area contributed by atoms with Crippen LogP contribution in [-0.2, 0) is 5.54 Å². The van der Waals surface area contributed by atoms with E-state index in [1.165, 1.54) is 18.5 Å². The lowest BCUT2D eigenvalue weighted by molar-refractivity contribution is 0.0671. The maximum absolute atomic E-state index is 13.1. The maximum atomic E-state index is 13.1. The van der Waals surface area contributed by atoms with Crippen LogP contribution in [0.25, 0.3) is 0 Å². The Kier molecular flexibility index (Phi) is 3.93. The van der Waals surface area contributed by atoms with Crippen LogP contribution in [0.5, 0.6) is 0 Å². The largest absolute Gasteiger partial charge is 0.335 e. The van der Waals surface area contributed by atoms with E-state index in [0.29, 0.717) is 17.7 Å². The third-order valence-electron chi connectivity index (χ3n) is 5.22. The topological polar surface area (TPSA) is 56.0 Å². The summed E-state index contributed by atoms with van der Waals surface area (Å²) in [6, 6.07) is 2.35. The van der Waals surface area contributed by atoms with Crippen molar-refractivity contribution in [2.75, 3.05) is 13.1 Å². The standard InChI is InChI=1S/C19H27N5O/c1-19(2,3)24-17(14-6-7-14)11-16(21-24)18(25)22-9-4-5-15(12-22)23-10-8-20-13-23/h8,10-11,13-15H,4-7,9,12H2,1-3H3/t15-/m1/s1. The zero-order chi connectivity index (χ0) is 17.6. The first-order chi connectivity index (χ1) is 11.9. The number of hydrogen-bond acceptors (Lipinski definition) is 3.